The lowest BCUT2D eigenvalue weighted by atomic mass is 10.1. The molecule has 1 heterocycles. The number of carbonyl (C=O) groups is 2. The molecule has 0 aromatic heterocycles. The van der Waals surface area contributed by atoms with E-state index in [9.17, 15) is 9.59 Å². The van der Waals surface area contributed by atoms with Crippen LogP contribution in [0, 0.1) is 13.8 Å². The maximum absolute atomic E-state index is 12.7. The molecular weight excluding hydrogens is 270 g/mol. The molecule has 0 N–H and O–H groups in total. The van der Waals surface area contributed by atoms with Gasteiger partial charge in [-0.25, -0.2) is 4.79 Å². The van der Waals surface area contributed by atoms with Gasteiger partial charge in [0.05, 0.1) is 18.9 Å². The first-order chi connectivity index (χ1) is 9.88. The average molecular weight is 291 g/mol. The summed E-state index contributed by atoms with van der Waals surface area (Å²) in [5.74, 6) is -0.642. The number of benzene rings is 1. The van der Waals surface area contributed by atoms with Gasteiger partial charge in [-0.1, -0.05) is 18.2 Å². The molecule has 0 saturated carbocycles. The Morgan fingerprint density at radius 2 is 1.81 bits per heavy atom. The molecule has 1 aromatic rings. The van der Waals surface area contributed by atoms with E-state index < -0.39 is 18.1 Å². The summed E-state index contributed by atoms with van der Waals surface area (Å²) in [6.07, 6.45) is -0.578. The van der Waals surface area contributed by atoms with Crippen LogP contribution in [0.3, 0.4) is 0 Å². The highest BCUT2D eigenvalue weighted by Gasteiger charge is 2.46. The Bertz CT molecular complexity index is 549. The van der Waals surface area contributed by atoms with Crippen LogP contribution in [0.25, 0.3) is 0 Å². The molecule has 0 bridgehead atoms. The average Bonchev–Trinajstić information content (AvgIpc) is 3.18. The van der Waals surface area contributed by atoms with Gasteiger partial charge < -0.3 is 9.47 Å². The molecule has 1 aliphatic rings. The summed E-state index contributed by atoms with van der Waals surface area (Å²) in [6.45, 7) is 7.35. The zero-order valence-corrected chi connectivity index (χ0v) is 13.0. The molecule has 3 atom stereocenters. The Kier molecular flexibility index (Phi) is 4.32. The number of anilines is 1. The Labute approximate surface area is 124 Å². The fourth-order valence-corrected chi connectivity index (χ4v) is 2.54. The van der Waals surface area contributed by atoms with Crippen molar-refractivity contribution in [2.45, 2.75) is 45.9 Å². The minimum absolute atomic E-state index is 0.103. The minimum Gasteiger partial charge on any atom is -0.467 e. The molecule has 0 radical (unpaired) electrons. The van der Waals surface area contributed by atoms with E-state index in [2.05, 4.69) is 0 Å². The van der Waals surface area contributed by atoms with Gasteiger partial charge >= 0.3 is 5.97 Å². The molecule has 1 aromatic carbocycles. The van der Waals surface area contributed by atoms with Crippen LogP contribution in [0.4, 0.5) is 5.69 Å². The Morgan fingerprint density at radius 1 is 1.29 bits per heavy atom. The minimum atomic E-state index is -0.696. The molecule has 1 saturated heterocycles. The SMILES string of the molecule is COC(=O)[C@H](C)N(C(=O)C1OC1C)c1c(C)cccc1C. The normalized spacial score (nSPS) is 21.6. The number of epoxide rings is 1. The number of nitrogens with zero attached hydrogens (tertiary/aromatic N) is 1. The number of amides is 1. The monoisotopic (exact) mass is 291 g/mol. The molecule has 1 aliphatic heterocycles. The van der Waals surface area contributed by atoms with Crippen LogP contribution in [-0.4, -0.2) is 37.2 Å². The number of ether oxygens (including phenoxy) is 2. The molecular formula is C16H21NO4. The number of methoxy groups -OCH3 is 1. The maximum Gasteiger partial charge on any atom is 0.328 e. The van der Waals surface area contributed by atoms with Gasteiger partial charge in [-0.2, -0.15) is 0 Å². The lowest BCUT2D eigenvalue weighted by molar-refractivity contribution is -0.143. The Morgan fingerprint density at radius 3 is 2.24 bits per heavy atom. The van der Waals surface area contributed by atoms with E-state index in [-0.39, 0.29) is 12.0 Å². The highest BCUT2D eigenvalue weighted by atomic mass is 16.6. The summed E-state index contributed by atoms with van der Waals surface area (Å²) >= 11 is 0. The first-order valence-corrected chi connectivity index (χ1v) is 7.01. The second-order valence-corrected chi connectivity index (χ2v) is 5.41. The first-order valence-electron chi connectivity index (χ1n) is 7.01. The number of hydrogen-bond donors (Lipinski definition) is 0. The van der Waals surface area contributed by atoms with Gasteiger partial charge in [0.2, 0.25) is 0 Å². The van der Waals surface area contributed by atoms with Crippen molar-refractivity contribution < 1.29 is 19.1 Å². The first kappa shape index (κ1) is 15.5. The zero-order chi connectivity index (χ0) is 15.7. The van der Waals surface area contributed by atoms with E-state index in [1.807, 2.05) is 39.0 Å². The molecule has 1 fully saturated rings. The standard InChI is InChI=1S/C16H21NO4/c1-9-7-6-8-10(2)13(9)17(11(3)16(19)20-5)15(18)14-12(4)21-14/h6-8,11-12,14H,1-5H3/t11-,12?,14?/m0/s1. The van der Waals surface area contributed by atoms with Crippen LogP contribution in [0.1, 0.15) is 25.0 Å². The van der Waals surface area contributed by atoms with Crippen molar-refractivity contribution in [1.82, 2.24) is 0 Å². The topological polar surface area (TPSA) is 59.1 Å². The predicted molar refractivity (Wildman–Crippen MR) is 79.2 cm³/mol. The van der Waals surface area contributed by atoms with Crippen molar-refractivity contribution in [2.24, 2.45) is 0 Å². The van der Waals surface area contributed by atoms with E-state index >= 15 is 0 Å². The largest absolute Gasteiger partial charge is 0.467 e. The lowest BCUT2D eigenvalue weighted by Crippen LogP contribution is -2.47. The van der Waals surface area contributed by atoms with Crippen LogP contribution >= 0.6 is 0 Å². The van der Waals surface area contributed by atoms with E-state index in [4.69, 9.17) is 9.47 Å². The van der Waals surface area contributed by atoms with Crippen LogP contribution in [0.2, 0.25) is 0 Å². The highest BCUT2D eigenvalue weighted by molar-refractivity contribution is 6.04. The fraction of sp³-hybridized carbons (Fsp3) is 0.500. The lowest BCUT2D eigenvalue weighted by Gasteiger charge is -2.30. The molecule has 21 heavy (non-hydrogen) atoms. The molecule has 0 spiro atoms. The number of hydrogen-bond acceptors (Lipinski definition) is 4. The third kappa shape index (κ3) is 2.93. The van der Waals surface area contributed by atoms with Gasteiger partial charge in [0.1, 0.15) is 6.04 Å². The van der Waals surface area contributed by atoms with Crippen molar-refractivity contribution >= 4 is 17.6 Å². The maximum atomic E-state index is 12.7. The van der Waals surface area contributed by atoms with Gasteiger partial charge in [-0.05, 0) is 38.8 Å². The predicted octanol–water partition coefficient (Wildman–Crippen LogP) is 1.99. The van der Waals surface area contributed by atoms with Gasteiger partial charge in [-0.3, -0.25) is 9.69 Å². The fourth-order valence-electron chi connectivity index (χ4n) is 2.54. The number of esters is 1. The van der Waals surface area contributed by atoms with Gasteiger partial charge in [0, 0.05) is 0 Å². The number of carbonyl (C=O) groups excluding carboxylic acids is 2. The molecule has 5 nitrogen and oxygen atoms in total. The second-order valence-electron chi connectivity index (χ2n) is 5.41. The second kappa shape index (κ2) is 5.85. The molecule has 114 valence electrons. The summed E-state index contributed by atoms with van der Waals surface area (Å²) in [6, 6.07) is 5.07. The van der Waals surface area contributed by atoms with Gasteiger partial charge in [0.15, 0.2) is 6.10 Å². The highest BCUT2D eigenvalue weighted by Crippen LogP contribution is 2.32. The summed E-state index contributed by atoms with van der Waals surface area (Å²) in [7, 11) is 1.32. The van der Waals surface area contributed by atoms with Crippen LogP contribution < -0.4 is 4.90 Å². The van der Waals surface area contributed by atoms with Gasteiger partial charge in [-0.15, -0.1) is 0 Å². The third-order valence-electron chi connectivity index (χ3n) is 3.80. The van der Waals surface area contributed by atoms with E-state index in [1.165, 1.54) is 12.0 Å². The Balaban J connectivity index is 2.45. The molecule has 0 aliphatic carbocycles. The van der Waals surface area contributed by atoms with Crippen molar-refractivity contribution in [2.75, 3.05) is 12.0 Å². The number of aryl methyl sites for hydroxylation is 2. The molecule has 5 heteroatoms. The Hall–Kier alpha value is -1.88. The van der Waals surface area contributed by atoms with Crippen LogP contribution in [-0.2, 0) is 19.1 Å². The number of rotatable bonds is 4. The summed E-state index contributed by atoms with van der Waals surface area (Å²) in [4.78, 5) is 26.1. The summed E-state index contributed by atoms with van der Waals surface area (Å²) in [5.41, 5.74) is 2.63. The van der Waals surface area contributed by atoms with E-state index in [0.29, 0.717) is 0 Å². The van der Waals surface area contributed by atoms with E-state index in [1.54, 1.807) is 6.92 Å². The molecule has 2 rings (SSSR count). The van der Waals surface area contributed by atoms with Crippen molar-refractivity contribution in [3.63, 3.8) is 0 Å². The third-order valence-corrected chi connectivity index (χ3v) is 3.80. The summed E-state index contributed by atoms with van der Waals surface area (Å²) in [5, 5.41) is 0. The summed E-state index contributed by atoms with van der Waals surface area (Å²) < 4.78 is 10.1. The number of para-hydroxylation sites is 1. The van der Waals surface area contributed by atoms with E-state index in [0.717, 1.165) is 16.8 Å². The zero-order valence-electron chi connectivity index (χ0n) is 13.0. The van der Waals surface area contributed by atoms with Crippen LogP contribution in [0.5, 0.6) is 0 Å². The van der Waals surface area contributed by atoms with Crippen molar-refractivity contribution in [3.05, 3.63) is 29.3 Å². The van der Waals surface area contributed by atoms with Crippen molar-refractivity contribution in [1.29, 1.82) is 0 Å². The van der Waals surface area contributed by atoms with Crippen molar-refractivity contribution in [3.8, 4) is 0 Å². The molecule has 2 unspecified atom stereocenters. The quantitative estimate of drug-likeness (QED) is 0.629. The van der Waals surface area contributed by atoms with Crippen LogP contribution in [0.15, 0.2) is 18.2 Å². The molecule has 1 amide bonds. The van der Waals surface area contributed by atoms with Gasteiger partial charge in [0.25, 0.3) is 5.91 Å². The smallest absolute Gasteiger partial charge is 0.328 e.